The number of methoxy groups -OCH3 is 1. The molecule has 3 rings (SSSR count). The third-order valence-electron chi connectivity index (χ3n) is 3.87. The van der Waals surface area contributed by atoms with Crippen molar-refractivity contribution in [2.45, 2.75) is 0 Å². The van der Waals surface area contributed by atoms with Gasteiger partial charge in [0.1, 0.15) is 5.75 Å². The summed E-state index contributed by atoms with van der Waals surface area (Å²) in [7, 11) is 1.59. The highest BCUT2D eigenvalue weighted by Crippen LogP contribution is 2.19. The summed E-state index contributed by atoms with van der Waals surface area (Å²) in [5, 5.41) is 7.85. The SMILES string of the molecule is COc1ccc(NC(=O)CSCC(=O)Nc2ccc3ccccc3c2)cc1. The first-order chi connectivity index (χ1) is 13.1. The van der Waals surface area contributed by atoms with Crippen LogP contribution in [0.3, 0.4) is 0 Å². The minimum absolute atomic E-state index is 0.132. The molecule has 0 aliphatic heterocycles. The van der Waals surface area contributed by atoms with Crippen LogP contribution >= 0.6 is 11.8 Å². The third-order valence-corrected chi connectivity index (χ3v) is 4.81. The van der Waals surface area contributed by atoms with Crippen LogP contribution in [0, 0.1) is 0 Å². The van der Waals surface area contributed by atoms with E-state index in [4.69, 9.17) is 4.74 Å². The van der Waals surface area contributed by atoms with Gasteiger partial charge in [0.25, 0.3) is 0 Å². The van der Waals surface area contributed by atoms with Crippen molar-refractivity contribution in [3.8, 4) is 5.75 Å². The highest BCUT2D eigenvalue weighted by Gasteiger charge is 2.07. The lowest BCUT2D eigenvalue weighted by atomic mass is 10.1. The number of carbonyl (C=O) groups excluding carboxylic acids is 2. The van der Waals surface area contributed by atoms with Gasteiger partial charge < -0.3 is 15.4 Å². The van der Waals surface area contributed by atoms with Crippen LogP contribution in [0.2, 0.25) is 0 Å². The molecule has 0 aromatic heterocycles. The van der Waals surface area contributed by atoms with E-state index in [9.17, 15) is 9.59 Å². The second-order valence-electron chi connectivity index (χ2n) is 5.88. The summed E-state index contributed by atoms with van der Waals surface area (Å²) in [5.41, 5.74) is 1.45. The van der Waals surface area contributed by atoms with E-state index >= 15 is 0 Å². The van der Waals surface area contributed by atoms with E-state index in [1.54, 1.807) is 31.4 Å². The van der Waals surface area contributed by atoms with Crippen LogP contribution in [0.1, 0.15) is 0 Å². The molecule has 0 bridgehead atoms. The molecule has 138 valence electrons. The van der Waals surface area contributed by atoms with Gasteiger partial charge in [-0.05, 0) is 47.2 Å². The predicted molar refractivity (Wildman–Crippen MR) is 112 cm³/mol. The molecule has 6 heteroatoms. The van der Waals surface area contributed by atoms with Gasteiger partial charge in [-0.25, -0.2) is 0 Å². The van der Waals surface area contributed by atoms with Crippen LogP contribution in [0.25, 0.3) is 10.8 Å². The maximum absolute atomic E-state index is 12.1. The third kappa shape index (κ3) is 5.49. The van der Waals surface area contributed by atoms with E-state index < -0.39 is 0 Å². The van der Waals surface area contributed by atoms with Crippen LogP contribution in [-0.4, -0.2) is 30.4 Å². The molecule has 2 N–H and O–H groups in total. The van der Waals surface area contributed by atoms with Crippen LogP contribution in [-0.2, 0) is 9.59 Å². The normalized spacial score (nSPS) is 10.4. The number of fused-ring (bicyclic) bond motifs is 1. The summed E-state index contributed by atoms with van der Waals surface area (Å²) in [6, 6.07) is 20.9. The fraction of sp³-hybridized carbons (Fsp3) is 0.143. The summed E-state index contributed by atoms with van der Waals surface area (Å²) in [5.74, 6) is 0.865. The Kier molecular flexibility index (Phi) is 6.33. The zero-order chi connectivity index (χ0) is 19.1. The molecular weight excluding hydrogens is 360 g/mol. The second kappa shape index (κ2) is 9.09. The Hall–Kier alpha value is -2.99. The molecule has 27 heavy (non-hydrogen) atoms. The van der Waals surface area contributed by atoms with Gasteiger partial charge >= 0.3 is 0 Å². The molecule has 5 nitrogen and oxygen atoms in total. The summed E-state index contributed by atoms with van der Waals surface area (Å²) >= 11 is 1.27. The Morgan fingerprint density at radius 2 is 1.41 bits per heavy atom. The molecule has 3 aromatic carbocycles. The van der Waals surface area contributed by atoms with Gasteiger partial charge in [-0.15, -0.1) is 11.8 Å². The molecule has 2 amide bonds. The molecule has 0 saturated heterocycles. The number of carbonyl (C=O) groups is 2. The van der Waals surface area contributed by atoms with E-state index in [2.05, 4.69) is 10.6 Å². The molecule has 0 spiro atoms. The molecular formula is C21H20N2O3S. The highest BCUT2D eigenvalue weighted by atomic mass is 32.2. The molecule has 0 aliphatic rings. The number of amides is 2. The van der Waals surface area contributed by atoms with Crippen molar-refractivity contribution in [1.29, 1.82) is 0 Å². The van der Waals surface area contributed by atoms with Crippen LogP contribution in [0.5, 0.6) is 5.75 Å². The molecule has 0 saturated carbocycles. The number of thioether (sulfide) groups is 1. The Balaban J connectivity index is 1.43. The quantitative estimate of drug-likeness (QED) is 0.646. The van der Waals surface area contributed by atoms with Gasteiger partial charge in [-0.2, -0.15) is 0 Å². The molecule has 0 unspecified atom stereocenters. The van der Waals surface area contributed by atoms with Gasteiger partial charge in [0.15, 0.2) is 0 Å². The van der Waals surface area contributed by atoms with Crippen molar-refractivity contribution < 1.29 is 14.3 Å². The van der Waals surface area contributed by atoms with Crippen molar-refractivity contribution in [3.05, 3.63) is 66.7 Å². The number of hydrogen-bond donors (Lipinski definition) is 2. The zero-order valence-electron chi connectivity index (χ0n) is 14.9. The lowest BCUT2D eigenvalue weighted by molar-refractivity contribution is -0.114. The minimum Gasteiger partial charge on any atom is -0.497 e. The number of anilines is 2. The molecule has 0 radical (unpaired) electrons. The van der Waals surface area contributed by atoms with Crippen LogP contribution < -0.4 is 15.4 Å². The number of rotatable bonds is 7. The van der Waals surface area contributed by atoms with Crippen molar-refractivity contribution in [2.75, 3.05) is 29.2 Å². The van der Waals surface area contributed by atoms with Gasteiger partial charge in [-0.3, -0.25) is 9.59 Å². The molecule has 0 aliphatic carbocycles. The Bertz CT molecular complexity index is 942. The average Bonchev–Trinajstić information content (AvgIpc) is 2.68. The monoisotopic (exact) mass is 380 g/mol. The minimum atomic E-state index is -0.149. The lowest BCUT2D eigenvalue weighted by Crippen LogP contribution is -2.18. The standard InChI is InChI=1S/C21H20N2O3S/c1-26-19-10-8-17(9-11-19)22-20(24)13-27-14-21(25)23-18-7-6-15-4-2-3-5-16(15)12-18/h2-12H,13-14H2,1H3,(H,22,24)(H,23,25). The maximum Gasteiger partial charge on any atom is 0.234 e. The second-order valence-corrected chi connectivity index (χ2v) is 6.87. The number of ether oxygens (including phenoxy) is 1. The summed E-state index contributed by atoms with van der Waals surface area (Å²) in [4.78, 5) is 24.0. The molecule has 3 aromatic rings. The van der Waals surface area contributed by atoms with Crippen molar-refractivity contribution in [1.82, 2.24) is 0 Å². The average molecular weight is 380 g/mol. The van der Waals surface area contributed by atoms with Crippen molar-refractivity contribution in [3.63, 3.8) is 0 Å². The van der Waals surface area contributed by atoms with E-state index in [0.29, 0.717) is 5.69 Å². The smallest absolute Gasteiger partial charge is 0.234 e. The first kappa shape index (κ1) is 18.8. The van der Waals surface area contributed by atoms with Gasteiger partial charge in [0.2, 0.25) is 11.8 Å². The van der Waals surface area contributed by atoms with Gasteiger partial charge in [-0.1, -0.05) is 30.3 Å². The van der Waals surface area contributed by atoms with Gasteiger partial charge in [0.05, 0.1) is 18.6 Å². The first-order valence-electron chi connectivity index (χ1n) is 8.44. The summed E-state index contributed by atoms with van der Waals surface area (Å²) in [6.45, 7) is 0. The first-order valence-corrected chi connectivity index (χ1v) is 9.60. The molecule has 0 heterocycles. The van der Waals surface area contributed by atoms with Gasteiger partial charge in [0, 0.05) is 11.4 Å². The molecule has 0 atom stereocenters. The fourth-order valence-corrected chi connectivity index (χ4v) is 3.19. The topological polar surface area (TPSA) is 67.4 Å². The number of nitrogens with one attached hydrogen (secondary N) is 2. The van der Waals surface area contributed by atoms with Crippen molar-refractivity contribution >= 4 is 45.7 Å². The number of hydrogen-bond acceptors (Lipinski definition) is 4. The van der Waals surface area contributed by atoms with Crippen LogP contribution in [0.15, 0.2) is 66.7 Å². The largest absolute Gasteiger partial charge is 0.497 e. The van der Waals surface area contributed by atoms with E-state index in [-0.39, 0.29) is 23.3 Å². The Morgan fingerprint density at radius 1 is 0.815 bits per heavy atom. The van der Waals surface area contributed by atoms with E-state index in [0.717, 1.165) is 22.2 Å². The maximum atomic E-state index is 12.1. The van der Waals surface area contributed by atoms with Crippen molar-refractivity contribution in [2.24, 2.45) is 0 Å². The highest BCUT2D eigenvalue weighted by molar-refractivity contribution is 8.00. The van der Waals surface area contributed by atoms with E-state index in [1.807, 2.05) is 42.5 Å². The lowest BCUT2D eigenvalue weighted by Gasteiger charge is -2.08. The fourth-order valence-electron chi connectivity index (χ4n) is 2.57. The summed E-state index contributed by atoms with van der Waals surface area (Å²) in [6.07, 6.45) is 0. The number of benzene rings is 3. The molecule has 0 fully saturated rings. The van der Waals surface area contributed by atoms with Crippen LogP contribution in [0.4, 0.5) is 11.4 Å². The Morgan fingerprint density at radius 3 is 2.07 bits per heavy atom. The summed E-state index contributed by atoms with van der Waals surface area (Å²) < 4.78 is 5.08. The van der Waals surface area contributed by atoms with E-state index in [1.165, 1.54) is 11.8 Å². The zero-order valence-corrected chi connectivity index (χ0v) is 15.7. The predicted octanol–water partition coefficient (Wildman–Crippen LogP) is 4.16. The Labute approximate surface area is 162 Å².